The Morgan fingerprint density at radius 1 is 1.16 bits per heavy atom. The van der Waals surface area contributed by atoms with E-state index in [4.69, 9.17) is 4.74 Å². The van der Waals surface area contributed by atoms with Crippen molar-refractivity contribution in [2.75, 3.05) is 31.6 Å². The zero-order chi connectivity index (χ0) is 22.5. The largest absolute Gasteiger partial charge is 0.462 e. The average molecular weight is 455 g/mol. The molecule has 2 aromatic rings. The second-order valence-corrected chi connectivity index (χ2v) is 10.3. The van der Waals surface area contributed by atoms with E-state index in [0.717, 1.165) is 57.2 Å². The fourth-order valence-electron chi connectivity index (χ4n) is 4.92. The fraction of sp³-hybridized carbons (Fsp3) is 0.538. The van der Waals surface area contributed by atoms with E-state index in [1.54, 1.807) is 11.3 Å². The SMILES string of the molecule is CCOC(=O)c1c(NC(=O)CN2CCC(Cc3ccccc3)CC2)sc2c1CCC(C)C2. The van der Waals surface area contributed by atoms with Crippen LogP contribution in [0.15, 0.2) is 30.3 Å². The predicted octanol–water partition coefficient (Wildman–Crippen LogP) is 4.94. The maximum Gasteiger partial charge on any atom is 0.341 e. The number of nitrogens with one attached hydrogen (secondary N) is 1. The minimum Gasteiger partial charge on any atom is -0.462 e. The van der Waals surface area contributed by atoms with Gasteiger partial charge in [-0.2, -0.15) is 0 Å². The van der Waals surface area contributed by atoms with Crippen LogP contribution in [0.25, 0.3) is 0 Å². The van der Waals surface area contributed by atoms with Gasteiger partial charge in [-0.15, -0.1) is 11.3 Å². The first kappa shape index (κ1) is 23.0. The summed E-state index contributed by atoms with van der Waals surface area (Å²) in [6.45, 7) is 6.65. The Morgan fingerprint density at radius 2 is 1.91 bits per heavy atom. The highest BCUT2D eigenvalue weighted by Gasteiger charge is 2.29. The molecular weight excluding hydrogens is 420 g/mol. The maximum atomic E-state index is 12.9. The lowest BCUT2D eigenvalue weighted by Gasteiger charge is -2.31. The number of benzene rings is 1. The molecule has 172 valence electrons. The van der Waals surface area contributed by atoms with E-state index in [1.165, 1.54) is 10.4 Å². The molecule has 0 saturated carbocycles. The molecule has 1 aromatic heterocycles. The fourth-order valence-corrected chi connectivity index (χ4v) is 6.34. The molecule has 5 nitrogen and oxygen atoms in total. The number of rotatable bonds is 7. The molecule has 32 heavy (non-hydrogen) atoms. The van der Waals surface area contributed by atoms with Crippen LogP contribution in [0.2, 0.25) is 0 Å². The van der Waals surface area contributed by atoms with E-state index in [-0.39, 0.29) is 11.9 Å². The van der Waals surface area contributed by atoms with Crippen LogP contribution in [0.4, 0.5) is 5.00 Å². The van der Waals surface area contributed by atoms with Gasteiger partial charge in [0, 0.05) is 4.88 Å². The van der Waals surface area contributed by atoms with Gasteiger partial charge in [-0.05, 0) is 81.5 Å². The second-order valence-electron chi connectivity index (χ2n) is 9.23. The molecule has 1 amide bonds. The van der Waals surface area contributed by atoms with Crippen molar-refractivity contribution in [3.8, 4) is 0 Å². The Morgan fingerprint density at radius 3 is 2.62 bits per heavy atom. The Balaban J connectivity index is 1.35. The van der Waals surface area contributed by atoms with Gasteiger partial charge in [-0.25, -0.2) is 4.79 Å². The summed E-state index contributed by atoms with van der Waals surface area (Å²) in [5.74, 6) is 0.940. The summed E-state index contributed by atoms with van der Waals surface area (Å²) < 4.78 is 5.32. The molecule has 2 heterocycles. The topological polar surface area (TPSA) is 58.6 Å². The van der Waals surface area contributed by atoms with Gasteiger partial charge in [0.1, 0.15) is 5.00 Å². The predicted molar refractivity (Wildman–Crippen MR) is 129 cm³/mol. The van der Waals surface area contributed by atoms with Crippen molar-refractivity contribution in [3.05, 3.63) is 51.9 Å². The van der Waals surface area contributed by atoms with E-state index in [1.807, 2.05) is 6.92 Å². The standard InChI is InChI=1S/C26H34N2O3S/c1-3-31-26(30)24-21-10-9-18(2)15-22(21)32-25(24)27-23(29)17-28-13-11-20(12-14-28)16-19-7-5-4-6-8-19/h4-8,18,20H,3,9-17H2,1-2H3,(H,27,29). The van der Waals surface area contributed by atoms with Gasteiger partial charge < -0.3 is 10.1 Å². The molecule has 1 atom stereocenters. The maximum absolute atomic E-state index is 12.9. The van der Waals surface area contributed by atoms with E-state index in [0.29, 0.717) is 35.6 Å². The lowest BCUT2D eigenvalue weighted by Crippen LogP contribution is -2.39. The Labute approximate surface area is 195 Å². The summed E-state index contributed by atoms with van der Waals surface area (Å²) in [5.41, 5.74) is 3.07. The molecule has 0 radical (unpaired) electrons. The van der Waals surface area contributed by atoms with Crippen molar-refractivity contribution in [1.82, 2.24) is 4.90 Å². The summed E-state index contributed by atoms with van der Waals surface area (Å²) >= 11 is 1.56. The summed E-state index contributed by atoms with van der Waals surface area (Å²) in [7, 11) is 0. The molecule has 1 saturated heterocycles. The molecule has 0 bridgehead atoms. The highest BCUT2D eigenvalue weighted by molar-refractivity contribution is 7.17. The molecule has 2 aliphatic rings. The Hall–Kier alpha value is -2.18. The van der Waals surface area contributed by atoms with Crippen molar-refractivity contribution in [1.29, 1.82) is 0 Å². The van der Waals surface area contributed by atoms with Gasteiger partial charge in [0.25, 0.3) is 0 Å². The number of hydrogen-bond donors (Lipinski definition) is 1. The van der Waals surface area contributed by atoms with Gasteiger partial charge in [0.2, 0.25) is 5.91 Å². The monoisotopic (exact) mass is 454 g/mol. The summed E-state index contributed by atoms with van der Waals surface area (Å²) in [6.07, 6.45) is 6.26. The molecule has 1 aliphatic carbocycles. The number of hydrogen-bond acceptors (Lipinski definition) is 5. The Bertz CT molecular complexity index is 932. The number of piperidine rings is 1. The Kier molecular flexibility index (Phi) is 7.63. The van der Waals surface area contributed by atoms with Gasteiger partial charge in [0.15, 0.2) is 0 Å². The van der Waals surface area contributed by atoms with E-state index < -0.39 is 0 Å². The number of likely N-dealkylation sites (tertiary alicyclic amines) is 1. The van der Waals surface area contributed by atoms with E-state index >= 15 is 0 Å². The molecular formula is C26H34N2O3S. The third kappa shape index (κ3) is 5.59. The number of nitrogens with zero attached hydrogens (tertiary/aromatic N) is 1. The molecule has 1 aliphatic heterocycles. The van der Waals surface area contributed by atoms with Gasteiger partial charge in [-0.3, -0.25) is 9.69 Å². The van der Waals surface area contributed by atoms with Crippen LogP contribution < -0.4 is 5.32 Å². The average Bonchev–Trinajstić information content (AvgIpc) is 3.12. The van der Waals surface area contributed by atoms with Crippen LogP contribution >= 0.6 is 11.3 Å². The number of amides is 1. The summed E-state index contributed by atoms with van der Waals surface area (Å²) in [4.78, 5) is 29.0. The van der Waals surface area contributed by atoms with Crippen molar-refractivity contribution in [2.24, 2.45) is 11.8 Å². The van der Waals surface area contributed by atoms with E-state index in [9.17, 15) is 9.59 Å². The number of anilines is 1. The van der Waals surface area contributed by atoms with Gasteiger partial charge >= 0.3 is 5.97 Å². The minimum atomic E-state index is -0.309. The quantitative estimate of drug-likeness (QED) is 0.602. The number of fused-ring (bicyclic) bond motifs is 1. The van der Waals surface area contributed by atoms with Crippen molar-refractivity contribution in [3.63, 3.8) is 0 Å². The molecule has 6 heteroatoms. The molecule has 1 aromatic carbocycles. The van der Waals surface area contributed by atoms with Gasteiger partial charge in [0.05, 0.1) is 18.7 Å². The van der Waals surface area contributed by atoms with Crippen LogP contribution in [0.3, 0.4) is 0 Å². The number of esters is 1. The molecule has 4 rings (SSSR count). The van der Waals surface area contributed by atoms with Crippen LogP contribution in [0.5, 0.6) is 0 Å². The first-order valence-corrected chi connectivity index (χ1v) is 12.7. The van der Waals surface area contributed by atoms with Gasteiger partial charge in [-0.1, -0.05) is 37.3 Å². The summed E-state index contributed by atoms with van der Waals surface area (Å²) in [6, 6.07) is 10.7. The third-order valence-electron chi connectivity index (χ3n) is 6.69. The van der Waals surface area contributed by atoms with Crippen molar-refractivity contribution >= 4 is 28.2 Å². The second kappa shape index (κ2) is 10.6. The highest BCUT2D eigenvalue weighted by Crippen LogP contribution is 2.40. The van der Waals surface area contributed by atoms with Crippen LogP contribution in [-0.4, -0.2) is 43.0 Å². The lowest BCUT2D eigenvalue weighted by molar-refractivity contribution is -0.117. The van der Waals surface area contributed by atoms with E-state index in [2.05, 4.69) is 47.5 Å². The number of carbonyl (C=O) groups excluding carboxylic acids is 2. The zero-order valence-corrected chi connectivity index (χ0v) is 20.0. The van der Waals surface area contributed by atoms with Crippen LogP contribution in [0.1, 0.15) is 59.5 Å². The molecule has 1 unspecified atom stereocenters. The first-order chi connectivity index (χ1) is 15.5. The number of carbonyl (C=O) groups is 2. The minimum absolute atomic E-state index is 0.0382. The van der Waals surface area contributed by atoms with Crippen molar-refractivity contribution < 1.29 is 14.3 Å². The molecule has 1 N–H and O–H groups in total. The smallest absolute Gasteiger partial charge is 0.341 e. The van der Waals surface area contributed by atoms with Crippen LogP contribution in [-0.2, 0) is 28.8 Å². The first-order valence-electron chi connectivity index (χ1n) is 11.9. The zero-order valence-electron chi connectivity index (χ0n) is 19.2. The lowest BCUT2D eigenvalue weighted by atomic mass is 9.88. The van der Waals surface area contributed by atoms with Crippen LogP contribution in [0, 0.1) is 11.8 Å². The highest BCUT2D eigenvalue weighted by atomic mass is 32.1. The summed E-state index contributed by atoms with van der Waals surface area (Å²) in [5, 5.41) is 3.73. The number of ether oxygens (including phenoxy) is 1. The normalized spacial score (nSPS) is 19.4. The molecule has 1 fully saturated rings. The van der Waals surface area contributed by atoms with Crippen molar-refractivity contribution in [2.45, 2.75) is 52.4 Å². The third-order valence-corrected chi connectivity index (χ3v) is 7.86. The molecule has 0 spiro atoms. The number of thiophene rings is 1.